The van der Waals surface area contributed by atoms with Crippen LogP contribution in [-0.2, 0) is 5.41 Å². The predicted molar refractivity (Wildman–Crippen MR) is 161 cm³/mol. The second kappa shape index (κ2) is 8.16. The quantitative estimate of drug-likeness (QED) is 0.192. The van der Waals surface area contributed by atoms with Gasteiger partial charge < -0.3 is 9.47 Å². The summed E-state index contributed by atoms with van der Waals surface area (Å²) in [6.07, 6.45) is 10.7. The van der Waals surface area contributed by atoms with Crippen LogP contribution in [0.5, 0.6) is 23.0 Å². The van der Waals surface area contributed by atoms with Crippen molar-refractivity contribution in [3.8, 4) is 34.1 Å². The van der Waals surface area contributed by atoms with Crippen molar-refractivity contribution in [3.05, 3.63) is 120 Å². The molecule has 1 spiro atoms. The van der Waals surface area contributed by atoms with Crippen LogP contribution in [0, 0.1) is 47.3 Å². The molecule has 4 aromatic carbocycles. The van der Waals surface area contributed by atoms with Crippen molar-refractivity contribution in [2.24, 2.45) is 47.3 Å². The summed E-state index contributed by atoms with van der Waals surface area (Å²) in [5.74, 6) is 10.8. The van der Waals surface area contributed by atoms with E-state index in [1.807, 2.05) is 60.7 Å². The molecule has 0 heterocycles. The first-order valence-electron chi connectivity index (χ1n) is 15.7. The molecule has 2 heteroatoms. The molecule has 4 saturated carbocycles. The molecule has 8 atom stereocenters. The van der Waals surface area contributed by atoms with Crippen LogP contribution in [0.1, 0.15) is 36.8 Å². The summed E-state index contributed by atoms with van der Waals surface area (Å²) in [5, 5.41) is 0. The average Bonchev–Trinajstić information content (AvgIpc) is 3.84. The molecule has 0 N–H and O–H groups in total. The van der Waals surface area contributed by atoms with Crippen LogP contribution in [0.25, 0.3) is 11.1 Å². The minimum atomic E-state index is 0.0359. The molecule has 2 nitrogen and oxygen atoms in total. The van der Waals surface area contributed by atoms with Crippen molar-refractivity contribution in [1.82, 2.24) is 0 Å². The van der Waals surface area contributed by atoms with E-state index in [1.165, 1.54) is 47.9 Å². The predicted octanol–water partition coefficient (Wildman–Crippen LogP) is 9.65. The summed E-state index contributed by atoms with van der Waals surface area (Å²) < 4.78 is 12.8. The smallest absolute Gasteiger partial charge is 0.127 e. The number of para-hydroxylation sites is 2. The summed E-state index contributed by atoms with van der Waals surface area (Å²) in [7, 11) is 0. The molecule has 4 bridgehead atoms. The van der Waals surface area contributed by atoms with Gasteiger partial charge in [0, 0.05) is 5.41 Å². The molecular weight excluding hydrogens is 500 g/mol. The number of benzene rings is 4. The van der Waals surface area contributed by atoms with Crippen molar-refractivity contribution >= 4 is 0 Å². The third kappa shape index (κ3) is 3.09. The summed E-state index contributed by atoms with van der Waals surface area (Å²) in [4.78, 5) is 0. The van der Waals surface area contributed by atoms with E-state index in [2.05, 4.69) is 48.6 Å². The van der Waals surface area contributed by atoms with Gasteiger partial charge in [0.2, 0.25) is 0 Å². The Morgan fingerprint density at radius 1 is 0.488 bits per heavy atom. The van der Waals surface area contributed by atoms with Crippen molar-refractivity contribution in [2.75, 3.05) is 0 Å². The highest BCUT2D eigenvalue weighted by atomic mass is 16.5. The lowest BCUT2D eigenvalue weighted by atomic mass is 9.66. The fourth-order valence-corrected chi connectivity index (χ4v) is 11.1. The van der Waals surface area contributed by atoms with Crippen LogP contribution >= 0.6 is 0 Å². The van der Waals surface area contributed by atoms with Crippen molar-refractivity contribution in [3.63, 3.8) is 0 Å². The molecular formula is C39H34O2. The number of rotatable bonds is 4. The molecule has 8 unspecified atom stereocenters. The van der Waals surface area contributed by atoms with E-state index in [0.29, 0.717) is 0 Å². The van der Waals surface area contributed by atoms with E-state index >= 15 is 0 Å². The first-order chi connectivity index (χ1) is 20.2. The summed E-state index contributed by atoms with van der Waals surface area (Å²) in [5.41, 5.74) is 5.78. The van der Waals surface area contributed by atoms with Gasteiger partial charge in [-0.15, -0.1) is 0 Å². The van der Waals surface area contributed by atoms with Gasteiger partial charge in [-0.3, -0.25) is 0 Å². The second-order valence-electron chi connectivity index (χ2n) is 13.7. The monoisotopic (exact) mass is 534 g/mol. The first-order valence-corrected chi connectivity index (χ1v) is 15.7. The Morgan fingerprint density at radius 2 is 0.976 bits per heavy atom. The average molecular weight is 535 g/mol. The van der Waals surface area contributed by atoms with E-state index in [9.17, 15) is 0 Å². The Balaban J connectivity index is 1.08. The first kappa shape index (κ1) is 22.9. The Labute approximate surface area is 242 Å². The maximum Gasteiger partial charge on any atom is 0.127 e. The lowest BCUT2D eigenvalue weighted by Gasteiger charge is -2.39. The zero-order valence-electron chi connectivity index (χ0n) is 23.2. The van der Waals surface area contributed by atoms with Gasteiger partial charge in [0.15, 0.2) is 0 Å². The molecule has 0 amide bonds. The maximum atomic E-state index is 6.42. The normalized spacial score (nSPS) is 33.6. The Kier molecular flexibility index (Phi) is 4.55. The van der Waals surface area contributed by atoms with E-state index in [4.69, 9.17) is 9.47 Å². The number of fused-ring (bicyclic) bond motifs is 17. The van der Waals surface area contributed by atoms with Gasteiger partial charge >= 0.3 is 0 Å². The van der Waals surface area contributed by atoms with Gasteiger partial charge in [0.25, 0.3) is 0 Å². The van der Waals surface area contributed by atoms with Crippen molar-refractivity contribution in [2.45, 2.75) is 31.1 Å². The van der Waals surface area contributed by atoms with Gasteiger partial charge in [0.05, 0.1) is 0 Å². The van der Waals surface area contributed by atoms with Crippen molar-refractivity contribution < 1.29 is 9.47 Å². The van der Waals surface area contributed by atoms with Crippen LogP contribution in [0.15, 0.2) is 109 Å². The minimum absolute atomic E-state index is 0.0359. The molecule has 10 rings (SSSR count). The van der Waals surface area contributed by atoms with Gasteiger partial charge in [-0.25, -0.2) is 0 Å². The highest BCUT2D eigenvalue weighted by Gasteiger charge is 2.69. The SMILES string of the molecule is C1=CC2CC1C1C3CC(C4CC5(CC43)c3cc(Oc4ccccc4)ccc3-c3ccc(Oc4ccccc4)cc35)C21. The number of allylic oxidation sites excluding steroid dienone is 2. The molecule has 0 aliphatic heterocycles. The minimum Gasteiger partial charge on any atom is -0.457 e. The standard InChI is InChI=1S/C39H34O2/c1-3-7-25(8-4-1)40-27-13-15-29-30-16-14-28(41-26-9-5-2-6-10-26)19-36(30)39(35(29)18-27)21-33-31-20-32(34(33)22-39)38-24-12-11-23(17-24)37(31)38/h1-16,18-19,23-24,31-34,37-38H,17,20-22H2. The second-order valence-corrected chi connectivity index (χ2v) is 13.7. The maximum absolute atomic E-state index is 6.42. The van der Waals surface area contributed by atoms with Crippen LogP contribution in [0.3, 0.4) is 0 Å². The van der Waals surface area contributed by atoms with E-state index in [-0.39, 0.29) is 5.41 Å². The van der Waals surface area contributed by atoms with Gasteiger partial charge in [-0.05, 0) is 144 Å². The van der Waals surface area contributed by atoms with Crippen LogP contribution in [0.4, 0.5) is 0 Å². The third-order valence-corrected chi connectivity index (χ3v) is 12.2. The molecule has 6 aliphatic rings. The molecule has 0 radical (unpaired) electrons. The molecule has 4 fully saturated rings. The van der Waals surface area contributed by atoms with Gasteiger partial charge in [-0.2, -0.15) is 0 Å². The van der Waals surface area contributed by atoms with E-state index < -0.39 is 0 Å². The van der Waals surface area contributed by atoms with Crippen LogP contribution in [-0.4, -0.2) is 0 Å². The largest absolute Gasteiger partial charge is 0.457 e. The van der Waals surface area contributed by atoms with Crippen molar-refractivity contribution in [1.29, 1.82) is 0 Å². The molecule has 202 valence electrons. The van der Waals surface area contributed by atoms with Crippen LogP contribution in [0.2, 0.25) is 0 Å². The number of ether oxygens (including phenoxy) is 2. The van der Waals surface area contributed by atoms with E-state index in [0.717, 1.165) is 70.3 Å². The van der Waals surface area contributed by atoms with Crippen LogP contribution < -0.4 is 9.47 Å². The third-order valence-electron chi connectivity index (χ3n) is 12.2. The number of hydrogen-bond donors (Lipinski definition) is 0. The molecule has 4 aromatic rings. The molecule has 0 aromatic heterocycles. The van der Waals surface area contributed by atoms with Gasteiger partial charge in [-0.1, -0.05) is 60.7 Å². The Hall–Kier alpha value is -3.78. The fourth-order valence-electron chi connectivity index (χ4n) is 11.1. The van der Waals surface area contributed by atoms with Gasteiger partial charge in [0.1, 0.15) is 23.0 Å². The summed E-state index contributed by atoms with van der Waals surface area (Å²) in [6, 6.07) is 34.2. The zero-order valence-corrected chi connectivity index (χ0v) is 23.2. The number of hydrogen-bond acceptors (Lipinski definition) is 2. The summed E-state index contributed by atoms with van der Waals surface area (Å²) >= 11 is 0. The molecule has 6 aliphatic carbocycles. The Morgan fingerprint density at radius 3 is 1.46 bits per heavy atom. The fraction of sp³-hybridized carbons (Fsp3) is 0.333. The summed E-state index contributed by atoms with van der Waals surface area (Å²) in [6.45, 7) is 0. The highest BCUT2D eigenvalue weighted by Crippen LogP contribution is 2.75. The lowest BCUT2D eigenvalue weighted by molar-refractivity contribution is 0.108. The topological polar surface area (TPSA) is 18.5 Å². The van der Waals surface area contributed by atoms with E-state index in [1.54, 1.807) is 0 Å². The molecule has 0 saturated heterocycles. The molecule has 41 heavy (non-hydrogen) atoms. The zero-order chi connectivity index (χ0) is 26.7. The lowest BCUT2D eigenvalue weighted by Crippen LogP contribution is -2.34. The Bertz CT molecular complexity index is 1580. The highest BCUT2D eigenvalue weighted by molar-refractivity contribution is 5.83.